The molecule has 1 aliphatic carbocycles. The number of nitrogens with two attached hydrogens (primary N) is 1. The van der Waals surface area contributed by atoms with Crippen molar-refractivity contribution in [3.05, 3.63) is 34.3 Å². The Hall–Kier alpha value is -0.910. The number of amides is 1. The summed E-state index contributed by atoms with van der Waals surface area (Å²) < 4.78 is 1.02. The zero-order valence-corrected chi connectivity index (χ0v) is 13.6. The van der Waals surface area contributed by atoms with Crippen LogP contribution in [0.15, 0.2) is 28.7 Å². The quantitative estimate of drug-likeness (QED) is 0.833. The van der Waals surface area contributed by atoms with Crippen LogP contribution in [0.25, 0.3) is 0 Å². The van der Waals surface area contributed by atoms with Gasteiger partial charge >= 0.3 is 0 Å². The molecule has 0 saturated heterocycles. The molecule has 0 radical (unpaired) electrons. The molecule has 0 bridgehead atoms. The number of halogens is 1. The summed E-state index contributed by atoms with van der Waals surface area (Å²) in [7, 11) is 1.95. The second-order valence-electron chi connectivity index (χ2n) is 5.62. The summed E-state index contributed by atoms with van der Waals surface area (Å²) in [4.78, 5) is 13.9. The van der Waals surface area contributed by atoms with E-state index in [2.05, 4.69) is 27.3 Å². The van der Waals surface area contributed by atoms with E-state index in [1.807, 2.05) is 37.1 Å². The van der Waals surface area contributed by atoms with Crippen molar-refractivity contribution in [3.63, 3.8) is 0 Å². The molecule has 3 N–H and O–H groups in total. The topological polar surface area (TPSA) is 58.4 Å². The highest BCUT2D eigenvalue weighted by atomic mass is 79.9. The maximum Gasteiger partial charge on any atom is 0.234 e. The number of nitrogens with zero attached hydrogens (tertiary/aromatic N) is 1. The minimum absolute atomic E-state index is 0.0254. The number of carbonyl (C=O) groups excluding carboxylic acids is 1. The predicted molar refractivity (Wildman–Crippen MR) is 84.3 cm³/mol. The van der Waals surface area contributed by atoms with E-state index in [-0.39, 0.29) is 18.0 Å². The summed E-state index contributed by atoms with van der Waals surface area (Å²) in [6.07, 6.45) is 2.22. The number of benzene rings is 1. The first kappa shape index (κ1) is 15.5. The van der Waals surface area contributed by atoms with Crippen molar-refractivity contribution < 1.29 is 4.79 Å². The fourth-order valence-electron chi connectivity index (χ4n) is 2.48. The van der Waals surface area contributed by atoms with E-state index in [1.54, 1.807) is 0 Å². The van der Waals surface area contributed by atoms with Crippen LogP contribution >= 0.6 is 15.9 Å². The Morgan fingerprint density at radius 3 is 2.80 bits per heavy atom. The molecule has 0 aliphatic heterocycles. The van der Waals surface area contributed by atoms with Crippen LogP contribution in [0.4, 0.5) is 0 Å². The molecule has 0 aromatic heterocycles. The second kappa shape index (κ2) is 6.70. The Morgan fingerprint density at radius 1 is 1.55 bits per heavy atom. The fourth-order valence-corrected chi connectivity index (χ4v) is 2.89. The van der Waals surface area contributed by atoms with E-state index in [4.69, 9.17) is 5.73 Å². The molecule has 1 fully saturated rings. The van der Waals surface area contributed by atoms with E-state index in [9.17, 15) is 4.79 Å². The van der Waals surface area contributed by atoms with Crippen molar-refractivity contribution in [2.24, 2.45) is 5.73 Å². The maximum absolute atomic E-state index is 11.9. The third-order valence-electron chi connectivity index (χ3n) is 3.50. The van der Waals surface area contributed by atoms with Gasteiger partial charge in [0.25, 0.3) is 0 Å². The highest BCUT2D eigenvalue weighted by molar-refractivity contribution is 9.10. The minimum atomic E-state index is -0.0528. The highest BCUT2D eigenvalue weighted by Gasteiger charge is 2.26. The van der Waals surface area contributed by atoms with Gasteiger partial charge in [-0.25, -0.2) is 0 Å². The Kier molecular flexibility index (Phi) is 5.18. The molecule has 2 unspecified atom stereocenters. The van der Waals surface area contributed by atoms with Gasteiger partial charge in [0.2, 0.25) is 5.91 Å². The lowest BCUT2D eigenvalue weighted by Gasteiger charge is -2.31. The summed E-state index contributed by atoms with van der Waals surface area (Å²) in [5.74, 6) is 0.0793. The second-order valence-corrected chi connectivity index (χ2v) is 6.53. The monoisotopic (exact) mass is 339 g/mol. The normalized spacial score (nSPS) is 17.9. The van der Waals surface area contributed by atoms with Crippen molar-refractivity contribution in [2.75, 3.05) is 13.6 Å². The number of rotatable bonds is 6. The zero-order valence-electron chi connectivity index (χ0n) is 12.0. The Bertz CT molecular complexity index is 474. The van der Waals surface area contributed by atoms with Crippen LogP contribution in [0.1, 0.15) is 31.4 Å². The van der Waals surface area contributed by atoms with Crippen molar-refractivity contribution in [2.45, 2.75) is 37.9 Å². The molecule has 0 spiro atoms. The van der Waals surface area contributed by atoms with Gasteiger partial charge in [-0.2, -0.15) is 0 Å². The molecular weight excluding hydrogens is 318 g/mol. The van der Waals surface area contributed by atoms with Crippen molar-refractivity contribution in [1.82, 2.24) is 10.2 Å². The summed E-state index contributed by atoms with van der Waals surface area (Å²) in [6.45, 7) is 2.34. The fraction of sp³-hybridized carbons (Fsp3) is 0.533. The standard InChI is InChI=1S/C15H22BrN3O/c1-10(17)15(11-4-3-5-12(16)8-11)19(2)9-14(20)18-13-6-7-13/h3-5,8,10,13,15H,6-7,9,17H2,1-2H3,(H,18,20). The highest BCUT2D eigenvalue weighted by Crippen LogP contribution is 2.25. The Labute approximate surface area is 128 Å². The number of likely N-dealkylation sites (N-methyl/N-ethyl adjacent to an activating group) is 1. The Morgan fingerprint density at radius 2 is 2.25 bits per heavy atom. The van der Waals surface area contributed by atoms with Gasteiger partial charge in [-0.15, -0.1) is 0 Å². The van der Waals surface area contributed by atoms with Gasteiger partial charge < -0.3 is 11.1 Å². The molecule has 1 aromatic rings. The molecule has 110 valence electrons. The lowest BCUT2D eigenvalue weighted by Crippen LogP contribution is -2.43. The van der Waals surface area contributed by atoms with Gasteiger partial charge in [-0.05, 0) is 44.5 Å². The first-order valence-electron chi connectivity index (χ1n) is 6.98. The van der Waals surface area contributed by atoms with Gasteiger partial charge in [-0.3, -0.25) is 9.69 Å². The van der Waals surface area contributed by atoms with Crippen molar-refractivity contribution in [1.29, 1.82) is 0 Å². The van der Waals surface area contributed by atoms with E-state index in [0.29, 0.717) is 12.6 Å². The summed E-state index contributed by atoms with van der Waals surface area (Å²) in [5.41, 5.74) is 7.24. The average Bonchev–Trinajstić information content (AvgIpc) is 3.12. The van der Waals surface area contributed by atoms with Gasteiger partial charge in [-0.1, -0.05) is 28.1 Å². The van der Waals surface area contributed by atoms with Crippen LogP contribution in [-0.4, -0.2) is 36.5 Å². The van der Waals surface area contributed by atoms with Crippen molar-refractivity contribution >= 4 is 21.8 Å². The Balaban J connectivity index is 2.05. The van der Waals surface area contributed by atoms with Crippen LogP contribution in [-0.2, 0) is 4.79 Å². The number of nitrogens with one attached hydrogen (secondary N) is 1. The largest absolute Gasteiger partial charge is 0.352 e. The van der Waals surface area contributed by atoms with Crippen molar-refractivity contribution in [3.8, 4) is 0 Å². The van der Waals surface area contributed by atoms with Gasteiger partial charge in [0.15, 0.2) is 0 Å². The molecule has 5 heteroatoms. The summed E-state index contributed by atoms with van der Waals surface area (Å²) in [5, 5.41) is 3.01. The van der Waals surface area contributed by atoms with E-state index in [1.165, 1.54) is 0 Å². The van der Waals surface area contributed by atoms with Gasteiger partial charge in [0.05, 0.1) is 6.54 Å². The molecule has 0 heterocycles. The summed E-state index contributed by atoms with van der Waals surface area (Å²) >= 11 is 3.48. The van der Waals surface area contributed by atoms with Crippen LogP contribution < -0.4 is 11.1 Å². The van der Waals surface area contributed by atoms with Gasteiger partial charge in [0, 0.05) is 22.6 Å². The first-order valence-corrected chi connectivity index (χ1v) is 7.77. The lowest BCUT2D eigenvalue weighted by atomic mass is 9.99. The molecule has 2 rings (SSSR count). The molecule has 1 saturated carbocycles. The van der Waals surface area contributed by atoms with Gasteiger partial charge in [0.1, 0.15) is 0 Å². The summed E-state index contributed by atoms with van der Waals surface area (Å²) in [6, 6.07) is 8.46. The molecule has 20 heavy (non-hydrogen) atoms. The smallest absolute Gasteiger partial charge is 0.234 e. The lowest BCUT2D eigenvalue weighted by molar-refractivity contribution is -0.122. The number of carbonyl (C=O) groups is 1. The zero-order chi connectivity index (χ0) is 14.7. The third-order valence-corrected chi connectivity index (χ3v) is 3.99. The maximum atomic E-state index is 11.9. The van der Waals surface area contributed by atoms with E-state index >= 15 is 0 Å². The van der Waals surface area contributed by atoms with E-state index < -0.39 is 0 Å². The third kappa shape index (κ3) is 4.30. The minimum Gasteiger partial charge on any atom is -0.352 e. The van der Waals surface area contributed by atoms with Crippen LogP contribution in [0.2, 0.25) is 0 Å². The first-order chi connectivity index (χ1) is 9.47. The number of hydrogen-bond donors (Lipinski definition) is 2. The molecule has 2 atom stereocenters. The van der Waals surface area contributed by atoms with Crippen LogP contribution in [0, 0.1) is 0 Å². The van der Waals surface area contributed by atoms with Crippen LogP contribution in [0.3, 0.4) is 0 Å². The molecule has 1 aromatic carbocycles. The molecule has 1 amide bonds. The SMILES string of the molecule is CC(N)C(c1cccc(Br)c1)N(C)CC(=O)NC1CC1. The molecule has 1 aliphatic rings. The number of hydrogen-bond acceptors (Lipinski definition) is 3. The predicted octanol–water partition coefficient (Wildman–Crippen LogP) is 2.05. The molecule has 4 nitrogen and oxygen atoms in total. The van der Waals surface area contributed by atoms with E-state index in [0.717, 1.165) is 22.9 Å². The average molecular weight is 340 g/mol. The van der Waals surface area contributed by atoms with Crippen LogP contribution in [0.5, 0.6) is 0 Å². The molecular formula is C15H22BrN3O.